The zero-order chi connectivity index (χ0) is 11.6. The minimum absolute atomic E-state index is 0.565. The number of rotatable bonds is 9. The molecule has 16 heavy (non-hydrogen) atoms. The van der Waals surface area contributed by atoms with E-state index in [1.165, 1.54) is 25.7 Å². The van der Waals surface area contributed by atoms with Gasteiger partial charge in [-0.1, -0.05) is 19.8 Å². The lowest BCUT2D eigenvalue weighted by Crippen LogP contribution is -2.39. The third-order valence-corrected chi connectivity index (χ3v) is 3.37. The molecule has 3 heteroatoms. The normalized spacial score (nSPS) is 19.1. The van der Waals surface area contributed by atoms with Crippen LogP contribution in [0, 0.1) is 5.92 Å². The molecule has 0 aromatic carbocycles. The summed E-state index contributed by atoms with van der Waals surface area (Å²) in [7, 11) is 1.74. The van der Waals surface area contributed by atoms with Crippen LogP contribution in [0.25, 0.3) is 0 Å². The van der Waals surface area contributed by atoms with Crippen LogP contribution in [0.2, 0.25) is 0 Å². The first-order valence-electron chi connectivity index (χ1n) is 6.68. The van der Waals surface area contributed by atoms with E-state index < -0.39 is 0 Å². The predicted octanol–water partition coefficient (Wildman–Crippen LogP) is 2.21. The maximum Gasteiger partial charge on any atom is 0.0622 e. The molecule has 1 unspecified atom stereocenters. The van der Waals surface area contributed by atoms with E-state index in [1.807, 2.05) is 0 Å². The average Bonchev–Trinajstić information content (AvgIpc) is 2.81. The SMILES string of the molecule is CCNC(COCCCOC)C1CCCC1. The number of nitrogens with one attached hydrogen (secondary N) is 1. The molecule has 0 saturated heterocycles. The Morgan fingerprint density at radius 2 is 2.00 bits per heavy atom. The van der Waals surface area contributed by atoms with Gasteiger partial charge in [0.25, 0.3) is 0 Å². The third kappa shape index (κ3) is 5.28. The molecule has 0 aromatic rings. The molecule has 1 saturated carbocycles. The highest BCUT2D eigenvalue weighted by molar-refractivity contribution is 4.80. The molecule has 1 aliphatic carbocycles. The minimum atomic E-state index is 0.565. The first-order chi connectivity index (χ1) is 7.88. The van der Waals surface area contributed by atoms with Gasteiger partial charge < -0.3 is 14.8 Å². The van der Waals surface area contributed by atoms with Gasteiger partial charge in [0.15, 0.2) is 0 Å². The maximum atomic E-state index is 5.72. The van der Waals surface area contributed by atoms with Crippen LogP contribution in [-0.4, -0.2) is 39.5 Å². The molecule has 0 aromatic heterocycles. The van der Waals surface area contributed by atoms with Gasteiger partial charge in [-0.25, -0.2) is 0 Å². The number of hydrogen-bond donors (Lipinski definition) is 1. The first kappa shape index (κ1) is 13.9. The Bertz CT molecular complexity index is 158. The summed E-state index contributed by atoms with van der Waals surface area (Å²) >= 11 is 0. The van der Waals surface area contributed by atoms with Crippen LogP contribution >= 0.6 is 0 Å². The fourth-order valence-corrected chi connectivity index (χ4v) is 2.50. The van der Waals surface area contributed by atoms with Crippen molar-refractivity contribution in [1.29, 1.82) is 0 Å². The smallest absolute Gasteiger partial charge is 0.0622 e. The average molecular weight is 229 g/mol. The van der Waals surface area contributed by atoms with Gasteiger partial charge in [-0.2, -0.15) is 0 Å². The molecule has 1 N–H and O–H groups in total. The summed E-state index contributed by atoms with van der Waals surface area (Å²) in [6, 6.07) is 0.565. The summed E-state index contributed by atoms with van der Waals surface area (Å²) in [4.78, 5) is 0. The molecular weight excluding hydrogens is 202 g/mol. The highest BCUT2D eigenvalue weighted by atomic mass is 16.5. The van der Waals surface area contributed by atoms with E-state index in [2.05, 4.69) is 12.2 Å². The van der Waals surface area contributed by atoms with Crippen LogP contribution in [-0.2, 0) is 9.47 Å². The van der Waals surface area contributed by atoms with Gasteiger partial charge in [-0.15, -0.1) is 0 Å². The van der Waals surface area contributed by atoms with Crippen molar-refractivity contribution in [2.45, 2.75) is 45.1 Å². The van der Waals surface area contributed by atoms with Gasteiger partial charge in [0, 0.05) is 26.4 Å². The Morgan fingerprint density at radius 1 is 1.25 bits per heavy atom. The summed E-state index contributed by atoms with van der Waals surface area (Å²) in [5.74, 6) is 0.836. The van der Waals surface area contributed by atoms with Crippen molar-refractivity contribution >= 4 is 0 Å². The van der Waals surface area contributed by atoms with Crippen molar-refractivity contribution in [3.8, 4) is 0 Å². The summed E-state index contributed by atoms with van der Waals surface area (Å²) in [6.07, 6.45) is 6.55. The first-order valence-corrected chi connectivity index (χ1v) is 6.68. The Morgan fingerprint density at radius 3 is 2.62 bits per heavy atom. The molecule has 0 heterocycles. The third-order valence-electron chi connectivity index (χ3n) is 3.37. The maximum absolute atomic E-state index is 5.72. The fourth-order valence-electron chi connectivity index (χ4n) is 2.50. The summed E-state index contributed by atoms with van der Waals surface area (Å²) < 4.78 is 10.7. The van der Waals surface area contributed by atoms with Gasteiger partial charge in [-0.3, -0.25) is 0 Å². The molecule has 1 atom stereocenters. The number of ether oxygens (including phenoxy) is 2. The monoisotopic (exact) mass is 229 g/mol. The second-order valence-electron chi connectivity index (χ2n) is 4.63. The molecule has 1 fully saturated rings. The van der Waals surface area contributed by atoms with E-state index in [0.717, 1.165) is 38.7 Å². The second-order valence-corrected chi connectivity index (χ2v) is 4.63. The summed E-state index contributed by atoms with van der Waals surface area (Å²) in [5, 5.41) is 3.56. The zero-order valence-electron chi connectivity index (χ0n) is 10.8. The Kier molecular flexibility index (Phi) is 7.81. The molecule has 3 nitrogen and oxygen atoms in total. The molecule has 0 bridgehead atoms. The number of hydrogen-bond acceptors (Lipinski definition) is 3. The van der Waals surface area contributed by atoms with Gasteiger partial charge in [0.2, 0.25) is 0 Å². The van der Waals surface area contributed by atoms with Gasteiger partial charge in [0.05, 0.1) is 6.61 Å². The lowest BCUT2D eigenvalue weighted by molar-refractivity contribution is 0.0754. The van der Waals surface area contributed by atoms with Crippen LogP contribution < -0.4 is 5.32 Å². The molecule has 0 amide bonds. The van der Waals surface area contributed by atoms with Crippen LogP contribution in [0.5, 0.6) is 0 Å². The van der Waals surface area contributed by atoms with Crippen molar-refractivity contribution in [3.63, 3.8) is 0 Å². The van der Waals surface area contributed by atoms with Crippen molar-refractivity contribution in [2.24, 2.45) is 5.92 Å². The molecule has 96 valence electrons. The largest absolute Gasteiger partial charge is 0.385 e. The fraction of sp³-hybridized carbons (Fsp3) is 1.00. The minimum Gasteiger partial charge on any atom is -0.385 e. The van der Waals surface area contributed by atoms with E-state index in [-0.39, 0.29) is 0 Å². The Labute approximate surface area is 99.9 Å². The molecule has 1 aliphatic rings. The number of likely N-dealkylation sites (N-methyl/N-ethyl adjacent to an activating group) is 1. The van der Waals surface area contributed by atoms with Crippen LogP contribution in [0.1, 0.15) is 39.0 Å². The lowest BCUT2D eigenvalue weighted by atomic mass is 9.99. The predicted molar refractivity (Wildman–Crippen MR) is 66.7 cm³/mol. The van der Waals surface area contributed by atoms with Crippen LogP contribution in [0.4, 0.5) is 0 Å². The molecule has 0 aliphatic heterocycles. The molecule has 0 radical (unpaired) electrons. The van der Waals surface area contributed by atoms with Crippen molar-refractivity contribution in [2.75, 3.05) is 33.5 Å². The van der Waals surface area contributed by atoms with E-state index in [1.54, 1.807) is 7.11 Å². The van der Waals surface area contributed by atoms with E-state index in [0.29, 0.717) is 6.04 Å². The van der Waals surface area contributed by atoms with Gasteiger partial charge in [0.1, 0.15) is 0 Å². The van der Waals surface area contributed by atoms with Crippen molar-refractivity contribution in [1.82, 2.24) is 5.32 Å². The van der Waals surface area contributed by atoms with E-state index in [4.69, 9.17) is 9.47 Å². The summed E-state index contributed by atoms with van der Waals surface area (Å²) in [6.45, 7) is 5.70. The quantitative estimate of drug-likeness (QED) is 0.615. The molecule has 1 rings (SSSR count). The van der Waals surface area contributed by atoms with Gasteiger partial charge >= 0.3 is 0 Å². The zero-order valence-corrected chi connectivity index (χ0v) is 10.8. The summed E-state index contributed by atoms with van der Waals surface area (Å²) in [5.41, 5.74) is 0. The highest BCUT2D eigenvalue weighted by Gasteiger charge is 2.24. The lowest BCUT2D eigenvalue weighted by Gasteiger charge is -2.24. The van der Waals surface area contributed by atoms with Crippen LogP contribution in [0.3, 0.4) is 0 Å². The van der Waals surface area contributed by atoms with Crippen LogP contribution in [0.15, 0.2) is 0 Å². The topological polar surface area (TPSA) is 30.5 Å². The van der Waals surface area contributed by atoms with E-state index >= 15 is 0 Å². The molecular formula is C13H27NO2. The Balaban J connectivity index is 2.12. The Hall–Kier alpha value is -0.120. The second kappa shape index (κ2) is 8.97. The van der Waals surface area contributed by atoms with E-state index in [9.17, 15) is 0 Å². The standard InChI is InChI=1S/C13H27NO2/c1-3-14-13(12-7-4-5-8-12)11-16-10-6-9-15-2/h12-14H,3-11H2,1-2H3. The molecule has 0 spiro atoms. The van der Waals surface area contributed by atoms with Crippen molar-refractivity contribution in [3.05, 3.63) is 0 Å². The highest BCUT2D eigenvalue weighted by Crippen LogP contribution is 2.27. The van der Waals surface area contributed by atoms with Gasteiger partial charge in [-0.05, 0) is 31.7 Å². The van der Waals surface area contributed by atoms with Crippen molar-refractivity contribution < 1.29 is 9.47 Å². The number of methoxy groups -OCH3 is 1.